The molecule has 0 saturated heterocycles. The number of carbonyl (C=O) groups excluding carboxylic acids is 1. The van der Waals surface area contributed by atoms with Crippen LogP contribution in [0.4, 0.5) is 14.9 Å². The molecule has 1 atom stereocenters. The SMILES string of the molecule is CCc1nn(-c2ccccc2)c2c1CN(C(=O)Nc1ccc(F)c(Cl)c1)C(c1cccc(C)c1)c1cccn1-2. The lowest BCUT2D eigenvalue weighted by atomic mass is 10.00. The van der Waals surface area contributed by atoms with Crippen LogP contribution in [0.2, 0.25) is 5.02 Å². The molecule has 6 rings (SSSR count). The Morgan fingerprint density at radius 3 is 2.62 bits per heavy atom. The van der Waals surface area contributed by atoms with Gasteiger partial charge in [0.15, 0.2) is 0 Å². The molecule has 5 aromatic rings. The molecule has 0 radical (unpaired) electrons. The fourth-order valence-electron chi connectivity index (χ4n) is 5.31. The quantitative estimate of drug-likeness (QED) is 0.258. The monoisotopic (exact) mass is 539 g/mol. The van der Waals surface area contributed by atoms with Crippen molar-refractivity contribution in [2.45, 2.75) is 32.9 Å². The maximum atomic E-state index is 14.0. The van der Waals surface area contributed by atoms with Crippen molar-refractivity contribution in [1.29, 1.82) is 0 Å². The third-order valence-electron chi connectivity index (χ3n) is 7.09. The van der Waals surface area contributed by atoms with Crippen LogP contribution in [0.3, 0.4) is 0 Å². The average Bonchev–Trinajstić information content (AvgIpc) is 3.52. The predicted octanol–water partition coefficient (Wildman–Crippen LogP) is 7.46. The average molecular weight is 540 g/mol. The summed E-state index contributed by atoms with van der Waals surface area (Å²) in [5.74, 6) is 0.376. The van der Waals surface area contributed by atoms with Crippen molar-refractivity contribution in [2.75, 3.05) is 5.32 Å². The molecule has 0 aliphatic carbocycles. The number of aromatic nitrogens is 3. The van der Waals surface area contributed by atoms with Crippen molar-refractivity contribution < 1.29 is 9.18 Å². The normalized spacial score (nSPS) is 14.5. The van der Waals surface area contributed by atoms with E-state index in [1.807, 2.05) is 83.4 Å². The van der Waals surface area contributed by atoms with Gasteiger partial charge in [-0.1, -0.05) is 66.6 Å². The Labute approximate surface area is 231 Å². The minimum atomic E-state index is -0.537. The number of urea groups is 1. The largest absolute Gasteiger partial charge is 0.322 e. The van der Waals surface area contributed by atoms with Crippen LogP contribution in [0.5, 0.6) is 0 Å². The zero-order valence-corrected chi connectivity index (χ0v) is 22.4. The molecule has 0 bridgehead atoms. The first-order chi connectivity index (χ1) is 18.9. The number of nitrogens with zero attached hydrogens (tertiary/aromatic N) is 4. The Bertz CT molecular complexity index is 1680. The van der Waals surface area contributed by atoms with Crippen LogP contribution in [0.1, 0.15) is 41.0 Å². The van der Waals surface area contributed by atoms with Gasteiger partial charge in [0.2, 0.25) is 0 Å². The minimum Gasteiger partial charge on any atom is -0.308 e. The van der Waals surface area contributed by atoms with Gasteiger partial charge in [0, 0.05) is 17.4 Å². The van der Waals surface area contributed by atoms with Crippen molar-refractivity contribution in [3.63, 3.8) is 0 Å². The lowest BCUT2D eigenvalue weighted by Gasteiger charge is -2.31. The summed E-state index contributed by atoms with van der Waals surface area (Å²) >= 11 is 6.02. The van der Waals surface area contributed by atoms with Gasteiger partial charge in [-0.05, 0) is 61.4 Å². The first-order valence-electron chi connectivity index (χ1n) is 12.9. The van der Waals surface area contributed by atoms with Crippen molar-refractivity contribution in [3.8, 4) is 11.5 Å². The van der Waals surface area contributed by atoms with E-state index in [9.17, 15) is 9.18 Å². The van der Waals surface area contributed by atoms with E-state index < -0.39 is 11.9 Å². The Balaban J connectivity index is 1.55. The number of fused-ring (bicyclic) bond motifs is 3. The summed E-state index contributed by atoms with van der Waals surface area (Å²) in [5.41, 5.74) is 6.28. The number of hydrogen-bond acceptors (Lipinski definition) is 2. The van der Waals surface area contributed by atoms with E-state index in [0.717, 1.165) is 39.6 Å². The highest BCUT2D eigenvalue weighted by Crippen LogP contribution is 2.39. The standard InChI is InChI=1S/C31H27ClFN5O/c1-3-27-24-19-37(31(39)34-22-14-15-26(33)25(32)18-22)29(21-10-7-9-20(2)17-21)28-13-8-16-36(28)30(24)38(35-27)23-11-5-4-6-12-23/h4-18,29H,3,19H2,1-2H3,(H,34,39). The number of benzene rings is 3. The summed E-state index contributed by atoms with van der Waals surface area (Å²) in [5, 5.41) is 7.89. The Hall–Kier alpha value is -4.36. The lowest BCUT2D eigenvalue weighted by Crippen LogP contribution is -2.38. The van der Waals surface area contributed by atoms with Gasteiger partial charge in [0.05, 0.1) is 34.7 Å². The number of anilines is 1. The zero-order chi connectivity index (χ0) is 27.1. The molecule has 6 nitrogen and oxygen atoms in total. The Kier molecular flexibility index (Phi) is 6.45. The van der Waals surface area contributed by atoms with Crippen LogP contribution >= 0.6 is 11.6 Å². The lowest BCUT2D eigenvalue weighted by molar-refractivity contribution is 0.194. The molecule has 1 N–H and O–H groups in total. The smallest absolute Gasteiger partial charge is 0.308 e. The molecule has 196 valence electrons. The molecule has 3 heterocycles. The molecule has 1 unspecified atom stereocenters. The number of para-hydroxylation sites is 1. The molecule has 8 heteroatoms. The molecule has 1 aliphatic rings. The van der Waals surface area contributed by atoms with Crippen LogP contribution in [-0.2, 0) is 13.0 Å². The van der Waals surface area contributed by atoms with Crippen molar-refractivity contribution in [3.05, 3.63) is 130 Å². The minimum absolute atomic E-state index is 0.0486. The summed E-state index contributed by atoms with van der Waals surface area (Å²) in [4.78, 5) is 15.9. The van der Waals surface area contributed by atoms with E-state index in [0.29, 0.717) is 18.7 Å². The second kappa shape index (κ2) is 10.1. The maximum absolute atomic E-state index is 14.0. The molecular formula is C31H27ClFN5O. The van der Waals surface area contributed by atoms with Crippen LogP contribution in [0, 0.1) is 12.7 Å². The highest BCUT2D eigenvalue weighted by molar-refractivity contribution is 6.31. The molecular weight excluding hydrogens is 513 g/mol. The van der Waals surface area contributed by atoms with Gasteiger partial charge in [-0.2, -0.15) is 5.10 Å². The third-order valence-corrected chi connectivity index (χ3v) is 7.38. The first-order valence-corrected chi connectivity index (χ1v) is 13.3. The highest BCUT2D eigenvalue weighted by Gasteiger charge is 2.36. The van der Waals surface area contributed by atoms with E-state index in [-0.39, 0.29) is 11.1 Å². The molecule has 2 aromatic heterocycles. The highest BCUT2D eigenvalue weighted by atomic mass is 35.5. The second-order valence-corrected chi connectivity index (χ2v) is 10.1. The van der Waals surface area contributed by atoms with Crippen LogP contribution in [0.25, 0.3) is 11.5 Å². The van der Waals surface area contributed by atoms with Gasteiger partial charge in [0.25, 0.3) is 0 Å². The van der Waals surface area contributed by atoms with Crippen molar-refractivity contribution in [1.82, 2.24) is 19.2 Å². The van der Waals surface area contributed by atoms with E-state index in [1.165, 1.54) is 18.2 Å². The van der Waals surface area contributed by atoms with Gasteiger partial charge in [-0.15, -0.1) is 0 Å². The Morgan fingerprint density at radius 2 is 1.87 bits per heavy atom. The van der Waals surface area contributed by atoms with E-state index in [2.05, 4.69) is 22.9 Å². The molecule has 39 heavy (non-hydrogen) atoms. The van der Waals surface area contributed by atoms with E-state index in [1.54, 1.807) is 0 Å². The van der Waals surface area contributed by atoms with Crippen molar-refractivity contribution >= 4 is 23.3 Å². The number of nitrogens with one attached hydrogen (secondary N) is 1. The fourth-order valence-corrected chi connectivity index (χ4v) is 5.49. The number of halogens is 2. The maximum Gasteiger partial charge on any atom is 0.322 e. The summed E-state index contributed by atoms with van der Waals surface area (Å²) < 4.78 is 17.9. The van der Waals surface area contributed by atoms with Crippen molar-refractivity contribution in [2.24, 2.45) is 0 Å². The van der Waals surface area contributed by atoms with Gasteiger partial charge < -0.3 is 14.8 Å². The summed E-state index contributed by atoms with van der Waals surface area (Å²) in [6.45, 7) is 4.44. The van der Waals surface area contributed by atoms with Crippen LogP contribution in [0.15, 0.2) is 91.1 Å². The summed E-state index contributed by atoms with van der Waals surface area (Å²) in [7, 11) is 0. The van der Waals surface area contributed by atoms with Gasteiger partial charge in [-0.25, -0.2) is 13.9 Å². The number of rotatable bonds is 4. The zero-order valence-electron chi connectivity index (χ0n) is 21.6. The molecule has 2 amide bonds. The topological polar surface area (TPSA) is 55.1 Å². The van der Waals surface area contributed by atoms with Gasteiger partial charge in [-0.3, -0.25) is 0 Å². The molecule has 1 aliphatic heterocycles. The second-order valence-electron chi connectivity index (χ2n) is 9.66. The molecule has 0 fully saturated rings. The van der Waals surface area contributed by atoms with E-state index >= 15 is 0 Å². The Morgan fingerprint density at radius 1 is 1.05 bits per heavy atom. The number of aryl methyl sites for hydroxylation is 2. The third kappa shape index (κ3) is 4.49. The van der Waals surface area contributed by atoms with Gasteiger partial charge >= 0.3 is 6.03 Å². The van der Waals surface area contributed by atoms with Crippen LogP contribution < -0.4 is 5.32 Å². The number of carbonyl (C=O) groups is 1. The van der Waals surface area contributed by atoms with Crippen LogP contribution in [-0.4, -0.2) is 25.3 Å². The molecule has 0 saturated carbocycles. The summed E-state index contributed by atoms with van der Waals surface area (Å²) in [6, 6.07) is 25.7. The number of hydrogen-bond donors (Lipinski definition) is 1. The molecule has 0 spiro atoms. The fraction of sp³-hybridized carbons (Fsp3) is 0.161. The number of amides is 2. The first kappa shape index (κ1) is 24.9. The summed E-state index contributed by atoms with van der Waals surface area (Å²) in [6.07, 6.45) is 2.73. The van der Waals surface area contributed by atoms with Gasteiger partial charge in [0.1, 0.15) is 11.6 Å². The predicted molar refractivity (Wildman–Crippen MR) is 151 cm³/mol. The van der Waals surface area contributed by atoms with E-state index in [4.69, 9.17) is 16.7 Å². The molecule has 3 aromatic carbocycles.